The molecule has 0 aliphatic carbocycles. The van der Waals surface area contributed by atoms with Crippen molar-refractivity contribution < 1.29 is 17.9 Å². The van der Waals surface area contributed by atoms with Crippen LogP contribution in [0.5, 0.6) is 0 Å². The average Bonchev–Trinajstić information content (AvgIpc) is 3.25. The Balaban J connectivity index is 1.30. The molecule has 0 N–H and O–H groups in total. The van der Waals surface area contributed by atoms with Crippen molar-refractivity contribution in [1.82, 2.24) is 18.8 Å². The Morgan fingerprint density at radius 2 is 1.77 bits per heavy atom. The molecule has 8 nitrogen and oxygen atoms in total. The minimum Gasteiger partial charge on any atom is -0.379 e. The molecule has 0 bridgehead atoms. The molecule has 0 unspecified atom stereocenters. The SMILES string of the molecule is O=C(Cn1cnc(S(=O)(=O)N2CCOCC2)c1)N1CCC(Cc2ccccc2)CC1. The first-order valence-electron chi connectivity index (χ1n) is 10.4. The van der Waals surface area contributed by atoms with Gasteiger partial charge in [0.1, 0.15) is 6.54 Å². The molecule has 2 aromatic rings. The van der Waals surface area contributed by atoms with Crippen LogP contribution in [-0.2, 0) is 32.5 Å². The summed E-state index contributed by atoms with van der Waals surface area (Å²) in [6.45, 7) is 3.01. The molecule has 4 rings (SSSR count). The third-order valence-corrected chi connectivity index (χ3v) is 7.62. The lowest BCUT2D eigenvalue weighted by molar-refractivity contribution is -0.133. The van der Waals surface area contributed by atoms with E-state index >= 15 is 0 Å². The van der Waals surface area contributed by atoms with Crippen LogP contribution >= 0.6 is 0 Å². The molecular formula is C21H28N4O4S. The number of aromatic nitrogens is 2. The molecule has 9 heteroatoms. The van der Waals surface area contributed by atoms with Crippen molar-refractivity contribution in [3.05, 3.63) is 48.4 Å². The molecular weight excluding hydrogens is 404 g/mol. The molecule has 2 aliphatic heterocycles. The van der Waals surface area contributed by atoms with Gasteiger partial charge in [-0.2, -0.15) is 4.31 Å². The number of sulfonamides is 1. The van der Waals surface area contributed by atoms with Gasteiger partial charge in [0.05, 0.1) is 19.5 Å². The predicted octanol–water partition coefficient (Wildman–Crippen LogP) is 1.39. The van der Waals surface area contributed by atoms with Crippen LogP contribution in [0.4, 0.5) is 0 Å². The number of nitrogens with zero attached hydrogens (tertiary/aromatic N) is 4. The summed E-state index contributed by atoms with van der Waals surface area (Å²) in [5.74, 6) is 0.593. The maximum absolute atomic E-state index is 12.7. The Bertz CT molecular complexity index is 946. The first-order chi connectivity index (χ1) is 14.5. The first-order valence-corrected chi connectivity index (χ1v) is 11.9. The highest BCUT2D eigenvalue weighted by Crippen LogP contribution is 2.22. The van der Waals surface area contributed by atoms with E-state index in [1.165, 1.54) is 22.4 Å². The van der Waals surface area contributed by atoms with Crippen molar-refractivity contribution in [3.8, 4) is 0 Å². The molecule has 2 aliphatic rings. The highest BCUT2D eigenvalue weighted by Gasteiger charge is 2.29. The van der Waals surface area contributed by atoms with Crippen molar-refractivity contribution in [2.45, 2.75) is 30.8 Å². The van der Waals surface area contributed by atoms with Crippen LogP contribution in [0.2, 0.25) is 0 Å². The van der Waals surface area contributed by atoms with Gasteiger partial charge in [0.2, 0.25) is 5.91 Å². The second-order valence-corrected chi connectivity index (χ2v) is 9.80. The monoisotopic (exact) mass is 432 g/mol. The number of rotatable bonds is 6. The minimum absolute atomic E-state index is 0.000816. The number of morpholine rings is 1. The number of ether oxygens (including phenoxy) is 1. The van der Waals surface area contributed by atoms with Gasteiger partial charge >= 0.3 is 0 Å². The maximum atomic E-state index is 12.7. The van der Waals surface area contributed by atoms with E-state index in [1.54, 1.807) is 4.57 Å². The van der Waals surface area contributed by atoms with Crippen molar-refractivity contribution in [1.29, 1.82) is 0 Å². The molecule has 0 radical (unpaired) electrons. The largest absolute Gasteiger partial charge is 0.379 e. The van der Waals surface area contributed by atoms with Gasteiger partial charge in [-0.05, 0) is 30.7 Å². The van der Waals surface area contributed by atoms with Gasteiger partial charge in [-0.1, -0.05) is 30.3 Å². The van der Waals surface area contributed by atoms with Crippen molar-refractivity contribution in [2.24, 2.45) is 5.92 Å². The van der Waals surface area contributed by atoms with E-state index in [4.69, 9.17) is 4.74 Å². The number of likely N-dealkylation sites (tertiary alicyclic amines) is 1. The minimum atomic E-state index is -3.64. The average molecular weight is 433 g/mol. The summed E-state index contributed by atoms with van der Waals surface area (Å²) in [7, 11) is -3.64. The van der Waals surface area contributed by atoms with Gasteiger partial charge in [0.15, 0.2) is 5.03 Å². The smallest absolute Gasteiger partial charge is 0.262 e. The van der Waals surface area contributed by atoms with E-state index in [1.807, 2.05) is 11.0 Å². The summed E-state index contributed by atoms with van der Waals surface area (Å²) >= 11 is 0. The lowest BCUT2D eigenvalue weighted by Crippen LogP contribution is -2.41. The van der Waals surface area contributed by atoms with Crippen molar-refractivity contribution in [3.63, 3.8) is 0 Å². The zero-order chi connectivity index (χ0) is 21.0. The molecule has 30 heavy (non-hydrogen) atoms. The van der Waals surface area contributed by atoms with Gasteiger partial charge in [-0.3, -0.25) is 4.79 Å². The Kier molecular flexibility index (Phi) is 6.50. The molecule has 1 amide bonds. The summed E-state index contributed by atoms with van der Waals surface area (Å²) < 4.78 is 33.5. The van der Waals surface area contributed by atoms with Crippen LogP contribution in [-0.4, -0.2) is 72.5 Å². The van der Waals surface area contributed by atoms with Gasteiger partial charge in [0, 0.05) is 32.4 Å². The van der Waals surface area contributed by atoms with E-state index in [0.717, 1.165) is 32.4 Å². The first kappa shape index (κ1) is 21.0. The van der Waals surface area contributed by atoms with Crippen LogP contribution in [0, 0.1) is 5.92 Å². The molecule has 0 saturated carbocycles. The van der Waals surface area contributed by atoms with Crippen LogP contribution in [0.15, 0.2) is 47.9 Å². The van der Waals surface area contributed by atoms with E-state index in [0.29, 0.717) is 32.2 Å². The van der Waals surface area contributed by atoms with Crippen molar-refractivity contribution in [2.75, 3.05) is 39.4 Å². The Labute approximate surface area is 177 Å². The Morgan fingerprint density at radius 1 is 1.07 bits per heavy atom. The molecule has 1 aromatic heterocycles. The van der Waals surface area contributed by atoms with Gasteiger partial charge in [-0.25, -0.2) is 13.4 Å². The highest BCUT2D eigenvalue weighted by molar-refractivity contribution is 7.89. The normalized spacial score (nSPS) is 19.1. The van der Waals surface area contributed by atoms with Crippen LogP contribution < -0.4 is 0 Å². The number of imidazole rings is 1. The third kappa shape index (κ3) is 4.91. The standard InChI is InChI=1S/C21H28N4O4S/c26-21(24-8-6-19(7-9-24)14-18-4-2-1-3-5-18)16-23-15-20(22-17-23)30(27,28)25-10-12-29-13-11-25/h1-5,15,17,19H,6-14,16H2. The topological polar surface area (TPSA) is 84.7 Å². The van der Waals surface area contributed by atoms with Crippen molar-refractivity contribution >= 4 is 15.9 Å². The number of carbonyl (C=O) groups excluding carboxylic acids is 1. The van der Waals surface area contributed by atoms with Crippen LogP contribution in [0.1, 0.15) is 18.4 Å². The summed E-state index contributed by atoms with van der Waals surface area (Å²) in [6, 6.07) is 10.5. The molecule has 0 spiro atoms. The molecule has 2 fully saturated rings. The fraction of sp³-hybridized carbons (Fsp3) is 0.524. The summed E-state index contributed by atoms with van der Waals surface area (Å²) in [6.07, 6.45) is 5.90. The fourth-order valence-electron chi connectivity index (χ4n) is 4.07. The van der Waals surface area contributed by atoms with E-state index in [2.05, 4.69) is 29.2 Å². The number of piperidine rings is 1. The Morgan fingerprint density at radius 3 is 2.47 bits per heavy atom. The molecule has 1 aromatic carbocycles. The quantitative estimate of drug-likeness (QED) is 0.689. The van der Waals surface area contributed by atoms with Crippen LogP contribution in [0.3, 0.4) is 0 Å². The number of hydrogen-bond donors (Lipinski definition) is 0. The van der Waals surface area contributed by atoms with E-state index in [-0.39, 0.29) is 17.5 Å². The summed E-state index contributed by atoms with van der Waals surface area (Å²) in [4.78, 5) is 18.6. The number of carbonyl (C=O) groups is 1. The van der Waals surface area contributed by atoms with E-state index < -0.39 is 10.0 Å². The third-order valence-electron chi connectivity index (χ3n) is 5.84. The van der Waals surface area contributed by atoms with Crippen LogP contribution in [0.25, 0.3) is 0 Å². The molecule has 3 heterocycles. The zero-order valence-electron chi connectivity index (χ0n) is 17.0. The van der Waals surface area contributed by atoms with Gasteiger partial charge in [0.25, 0.3) is 10.0 Å². The molecule has 0 atom stereocenters. The van der Waals surface area contributed by atoms with E-state index in [9.17, 15) is 13.2 Å². The summed E-state index contributed by atoms with van der Waals surface area (Å²) in [5, 5.41) is -0.0150. The van der Waals surface area contributed by atoms with Gasteiger partial charge in [-0.15, -0.1) is 0 Å². The predicted molar refractivity (Wildman–Crippen MR) is 111 cm³/mol. The maximum Gasteiger partial charge on any atom is 0.262 e. The highest BCUT2D eigenvalue weighted by atomic mass is 32.2. The summed E-state index contributed by atoms with van der Waals surface area (Å²) in [5.41, 5.74) is 1.34. The second kappa shape index (κ2) is 9.28. The second-order valence-electron chi connectivity index (χ2n) is 7.91. The van der Waals surface area contributed by atoms with Gasteiger partial charge < -0.3 is 14.2 Å². The molecule has 162 valence electrons. The lowest BCUT2D eigenvalue weighted by atomic mass is 9.90. The zero-order valence-corrected chi connectivity index (χ0v) is 17.8. The molecule has 2 saturated heterocycles. The number of amides is 1. The number of hydrogen-bond acceptors (Lipinski definition) is 5. The Hall–Kier alpha value is -2.23. The lowest BCUT2D eigenvalue weighted by Gasteiger charge is -2.32. The number of benzene rings is 1. The fourth-order valence-corrected chi connectivity index (χ4v) is 5.41.